The van der Waals surface area contributed by atoms with Crippen LogP contribution in [0.1, 0.15) is 19.0 Å². The van der Waals surface area contributed by atoms with Gasteiger partial charge >= 0.3 is 0 Å². The number of hydrogen-bond donors (Lipinski definition) is 2. The van der Waals surface area contributed by atoms with Crippen LogP contribution in [0.25, 0.3) is 0 Å². The summed E-state index contributed by atoms with van der Waals surface area (Å²) >= 11 is 0. The molecular formula is C10H16N2O. The third-order valence-corrected chi connectivity index (χ3v) is 1.84. The summed E-state index contributed by atoms with van der Waals surface area (Å²) in [6.45, 7) is 1.75. The molecule has 2 atom stereocenters. The van der Waals surface area contributed by atoms with E-state index < -0.39 is 0 Å². The first-order valence-corrected chi connectivity index (χ1v) is 4.52. The minimum atomic E-state index is -0.335. The molecule has 0 aromatic carbocycles. The third-order valence-electron chi connectivity index (χ3n) is 1.84. The van der Waals surface area contributed by atoms with Crippen LogP contribution in [0.5, 0.6) is 0 Å². The Bertz CT molecular complexity index is 236. The molecule has 0 fully saturated rings. The van der Waals surface area contributed by atoms with Crippen LogP contribution in [0.4, 0.5) is 0 Å². The lowest BCUT2D eigenvalue weighted by molar-refractivity contribution is 0.174. The molecule has 0 aliphatic heterocycles. The van der Waals surface area contributed by atoms with Crippen molar-refractivity contribution in [3.05, 3.63) is 30.1 Å². The van der Waals surface area contributed by atoms with Gasteiger partial charge < -0.3 is 10.8 Å². The lowest BCUT2D eigenvalue weighted by Crippen LogP contribution is -2.27. The summed E-state index contributed by atoms with van der Waals surface area (Å²) in [5, 5.41) is 9.10. The van der Waals surface area contributed by atoms with E-state index in [0.717, 1.165) is 12.1 Å². The summed E-state index contributed by atoms with van der Waals surface area (Å²) in [5.41, 5.74) is 6.79. The molecule has 3 heteroatoms. The second kappa shape index (κ2) is 4.94. The maximum absolute atomic E-state index is 9.10. The molecule has 0 saturated heterocycles. The van der Waals surface area contributed by atoms with E-state index in [0.29, 0.717) is 6.42 Å². The number of pyridine rings is 1. The molecule has 0 radical (unpaired) electrons. The van der Waals surface area contributed by atoms with Gasteiger partial charge in [0.1, 0.15) is 0 Å². The summed E-state index contributed by atoms with van der Waals surface area (Å²) in [6, 6.07) is 5.76. The molecule has 0 amide bonds. The van der Waals surface area contributed by atoms with Crippen LogP contribution in [-0.4, -0.2) is 22.2 Å². The molecule has 0 aliphatic rings. The summed E-state index contributed by atoms with van der Waals surface area (Å²) in [5.74, 6) is 0. The first kappa shape index (κ1) is 10.2. The molecule has 0 unspecified atom stereocenters. The Morgan fingerprint density at radius 2 is 2.31 bits per heavy atom. The van der Waals surface area contributed by atoms with Gasteiger partial charge in [0.25, 0.3) is 0 Å². The van der Waals surface area contributed by atoms with E-state index >= 15 is 0 Å². The van der Waals surface area contributed by atoms with Crippen LogP contribution in [0.3, 0.4) is 0 Å². The summed E-state index contributed by atoms with van der Waals surface area (Å²) < 4.78 is 0. The second-order valence-electron chi connectivity index (χ2n) is 3.37. The first-order valence-electron chi connectivity index (χ1n) is 4.52. The second-order valence-corrected chi connectivity index (χ2v) is 3.37. The Balaban J connectivity index is 2.41. The van der Waals surface area contributed by atoms with E-state index in [1.165, 1.54) is 0 Å². The number of hydrogen-bond acceptors (Lipinski definition) is 3. The Kier molecular flexibility index (Phi) is 3.86. The van der Waals surface area contributed by atoms with Crippen molar-refractivity contribution in [3.8, 4) is 0 Å². The fourth-order valence-electron chi connectivity index (χ4n) is 1.31. The van der Waals surface area contributed by atoms with Crippen molar-refractivity contribution >= 4 is 0 Å². The molecule has 1 aromatic heterocycles. The molecule has 1 aromatic rings. The lowest BCUT2D eigenvalue weighted by Gasteiger charge is -2.12. The molecule has 0 aliphatic carbocycles. The van der Waals surface area contributed by atoms with Crippen molar-refractivity contribution in [2.45, 2.75) is 31.9 Å². The molecule has 0 spiro atoms. The average molecular weight is 180 g/mol. The molecule has 1 rings (SSSR count). The number of aliphatic hydroxyl groups excluding tert-OH is 1. The third kappa shape index (κ3) is 4.01. The van der Waals surface area contributed by atoms with Gasteiger partial charge in [-0.25, -0.2) is 0 Å². The molecule has 3 nitrogen and oxygen atoms in total. The van der Waals surface area contributed by atoms with Crippen LogP contribution in [0.2, 0.25) is 0 Å². The molecule has 0 bridgehead atoms. The number of nitrogens with zero attached hydrogens (tertiary/aromatic N) is 1. The number of rotatable bonds is 4. The summed E-state index contributed by atoms with van der Waals surface area (Å²) in [7, 11) is 0. The monoisotopic (exact) mass is 180 g/mol. The number of aliphatic hydroxyl groups is 1. The average Bonchev–Trinajstić information content (AvgIpc) is 2.04. The van der Waals surface area contributed by atoms with E-state index in [-0.39, 0.29) is 12.1 Å². The number of nitrogens with two attached hydrogens (primary N) is 1. The highest BCUT2D eigenvalue weighted by Gasteiger charge is 2.07. The van der Waals surface area contributed by atoms with Gasteiger partial charge in [0, 0.05) is 24.4 Å². The van der Waals surface area contributed by atoms with Gasteiger partial charge in [-0.05, 0) is 25.5 Å². The lowest BCUT2D eigenvalue weighted by atomic mass is 10.1. The van der Waals surface area contributed by atoms with Gasteiger partial charge in [-0.3, -0.25) is 4.98 Å². The molecule has 13 heavy (non-hydrogen) atoms. The summed E-state index contributed by atoms with van der Waals surface area (Å²) in [4.78, 5) is 4.16. The SMILES string of the molecule is C[C@@H](O)C[C@@H](N)Cc1ccccn1. The predicted molar refractivity (Wildman–Crippen MR) is 52.2 cm³/mol. The Morgan fingerprint density at radius 1 is 1.54 bits per heavy atom. The van der Waals surface area contributed by atoms with Crippen molar-refractivity contribution in [2.24, 2.45) is 5.73 Å². The van der Waals surface area contributed by atoms with Crippen molar-refractivity contribution < 1.29 is 5.11 Å². The Labute approximate surface area is 78.6 Å². The minimum Gasteiger partial charge on any atom is -0.393 e. The van der Waals surface area contributed by atoms with E-state index in [9.17, 15) is 0 Å². The van der Waals surface area contributed by atoms with Crippen LogP contribution < -0.4 is 5.73 Å². The van der Waals surface area contributed by atoms with Crippen LogP contribution in [-0.2, 0) is 6.42 Å². The normalized spacial score (nSPS) is 15.3. The van der Waals surface area contributed by atoms with Crippen molar-refractivity contribution in [1.29, 1.82) is 0 Å². The van der Waals surface area contributed by atoms with Crippen molar-refractivity contribution in [3.63, 3.8) is 0 Å². The Hall–Kier alpha value is -0.930. The molecule has 72 valence electrons. The van der Waals surface area contributed by atoms with E-state index in [2.05, 4.69) is 4.98 Å². The topological polar surface area (TPSA) is 59.1 Å². The van der Waals surface area contributed by atoms with Crippen LogP contribution in [0, 0.1) is 0 Å². The van der Waals surface area contributed by atoms with Gasteiger partial charge in [-0.1, -0.05) is 6.07 Å². The molecule has 0 saturated carbocycles. The smallest absolute Gasteiger partial charge is 0.0527 e. The van der Waals surface area contributed by atoms with Gasteiger partial charge in [0.2, 0.25) is 0 Å². The van der Waals surface area contributed by atoms with Crippen LogP contribution >= 0.6 is 0 Å². The zero-order chi connectivity index (χ0) is 9.68. The summed E-state index contributed by atoms with van der Waals surface area (Å²) in [6.07, 6.45) is 2.77. The zero-order valence-corrected chi connectivity index (χ0v) is 7.85. The van der Waals surface area contributed by atoms with Gasteiger partial charge in [0.15, 0.2) is 0 Å². The predicted octanol–water partition coefficient (Wildman–Crippen LogP) is 0.722. The van der Waals surface area contributed by atoms with Crippen molar-refractivity contribution in [1.82, 2.24) is 4.98 Å². The molecule has 1 heterocycles. The highest BCUT2D eigenvalue weighted by molar-refractivity contribution is 5.04. The highest BCUT2D eigenvalue weighted by Crippen LogP contribution is 2.02. The minimum absolute atomic E-state index is 0.00472. The quantitative estimate of drug-likeness (QED) is 0.718. The largest absolute Gasteiger partial charge is 0.393 e. The molecular weight excluding hydrogens is 164 g/mol. The first-order chi connectivity index (χ1) is 6.18. The van der Waals surface area contributed by atoms with E-state index in [1.54, 1.807) is 13.1 Å². The fourth-order valence-corrected chi connectivity index (χ4v) is 1.31. The maximum Gasteiger partial charge on any atom is 0.0527 e. The zero-order valence-electron chi connectivity index (χ0n) is 7.85. The highest BCUT2D eigenvalue weighted by atomic mass is 16.3. The number of aromatic nitrogens is 1. The van der Waals surface area contributed by atoms with Crippen molar-refractivity contribution in [2.75, 3.05) is 0 Å². The van der Waals surface area contributed by atoms with Crippen LogP contribution in [0.15, 0.2) is 24.4 Å². The van der Waals surface area contributed by atoms with E-state index in [1.807, 2.05) is 18.2 Å². The molecule has 3 N–H and O–H groups in total. The van der Waals surface area contributed by atoms with Gasteiger partial charge in [-0.15, -0.1) is 0 Å². The van der Waals surface area contributed by atoms with Gasteiger partial charge in [0.05, 0.1) is 6.10 Å². The Morgan fingerprint density at radius 3 is 2.85 bits per heavy atom. The maximum atomic E-state index is 9.10. The fraction of sp³-hybridized carbons (Fsp3) is 0.500. The standard InChI is InChI=1S/C10H16N2O/c1-8(13)6-9(11)7-10-4-2-3-5-12-10/h2-5,8-9,13H,6-7,11H2,1H3/t8-,9-/m1/s1. The van der Waals surface area contributed by atoms with Gasteiger partial charge in [-0.2, -0.15) is 0 Å². The van der Waals surface area contributed by atoms with E-state index in [4.69, 9.17) is 10.8 Å².